The van der Waals surface area contributed by atoms with Crippen LogP contribution in [0.4, 0.5) is 0 Å². The predicted molar refractivity (Wildman–Crippen MR) is 64.1 cm³/mol. The van der Waals surface area contributed by atoms with Crippen LogP contribution in [0.25, 0.3) is 0 Å². The molecule has 0 aliphatic heterocycles. The highest BCUT2D eigenvalue weighted by molar-refractivity contribution is 4.59. The third-order valence-corrected chi connectivity index (χ3v) is 2.19. The van der Waals surface area contributed by atoms with E-state index in [2.05, 4.69) is 18.7 Å². The van der Waals surface area contributed by atoms with Crippen molar-refractivity contribution < 1.29 is 9.47 Å². The third-order valence-electron chi connectivity index (χ3n) is 2.19. The molecule has 0 radical (unpaired) electrons. The van der Waals surface area contributed by atoms with Crippen molar-refractivity contribution in [3.05, 3.63) is 0 Å². The molecule has 0 aromatic carbocycles. The molecular weight excluding hydrogens is 190 g/mol. The molecule has 0 fully saturated rings. The van der Waals surface area contributed by atoms with Gasteiger partial charge in [0.05, 0.1) is 0 Å². The Morgan fingerprint density at radius 3 is 1.67 bits per heavy atom. The lowest BCUT2D eigenvalue weighted by Crippen LogP contribution is -2.36. The molecule has 3 heteroatoms. The molecule has 0 N–H and O–H groups in total. The molecule has 15 heavy (non-hydrogen) atoms. The van der Waals surface area contributed by atoms with E-state index in [0.29, 0.717) is 0 Å². The maximum absolute atomic E-state index is 5.54. The number of rotatable bonds is 10. The van der Waals surface area contributed by atoms with E-state index in [4.69, 9.17) is 9.47 Å². The van der Waals surface area contributed by atoms with Gasteiger partial charge in [0.15, 0.2) is 6.29 Å². The summed E-state index contributed by atoms with van der Waals surface area (Å²) < 4.78 is 11.1. The standard InChI is InChI=1S/C12H27NO2/c1-5-9-13(10-6-2)11-12(14-7-3)15-8-4/h12H,5-11H2,1-4H3. The average Bonchev–Trinajstić information content (AvgIpc) is 2.19. The van der Waals surface area contributed by atoms with Crippen molar-refractivity contribution in [1.29, 1.82) is 0 Å². The highest BCUT2D eigenvalue weighted by Gasteiger charge is 2.12. The van der Waals surface area contributed by atoms with Crippen molar-refractivity contribution in [2.24, 2.45) is 0 Å². The molecule has 0 rings (SSSR count). The molecule has 0 aromatic rings. The van der Waals surface area contributed by atoms with E-state index in [1.165, 1.54) is 12.8 Å². The molecular formula is C12H27NO2. The van der Waals surface area contributed by atoms with Crippen LogP contribution in [0.1, 0.15) is 40.5 Å². The summed E-state index contributed by atoms with van der Waals surface area (Å²) in [5.74, 6) is 0. The summed E-state index contributed by atoms with van der Waals surface area (Å²) in [5.41, 5.74) is 0. The van der Waals surface area contributed by atoms with E-state index in [-0.39, 0.29) is 6.29 Å². The second kappa shape index (κ2) is 10.4. The van der Waals surface area contributed by atoms with E-state index in [1.807, 2.05) is 13.8 Å². The van der Waals surface area contributed by atoms with Crippen molar-refractivity contribution >= 4 is 0 Å². The zero-order valence-corrected chi connectivity index (χ0v) is 10.8. The van der Waals surface area contributed by atoms with Gasteiger partial charge in [0, 0.05) is 19.8 Å². The Hall–Kier alpha value is -0.120. The Bertz CT molecular complexity index is 105. The molecule has 0 unspecified atom stereocenters. The smallest absolute Gasteiger partial charge is 0.170 e. The molecule has 0 bridgehead atoms. The van der Waals surface area contributed by atoms with Crippen LogP contribution < -0.4 is 0 Å². The number of ether oxygens (including phenoxy) is 2. The van der Waals surface area contributed by atoms with E-state index in [1.54, 1.807) is 0 Å². The fourth-order valence-electron chi connectivity index (χ4n) is 1.66. The minimum Gasteiger partial charge on any atom is -0.352 e. The van der Waals surface area contributed by atoms with Crippen LogP contribution in [-0.4, -0.2) is 44.0 Å². The lowest BCUT2D eigenvalue weighted by atomic mass is 10.3. The van der Waals surface area contributed by atoms with E-state index < -0.39 is 0 Å². The zero-order valence-electron chi connectivity index (χ0n) is 10.8. The fraction of sp³-hybridized carbons (Fsp3) is 1.00. The predicted octanol–water partition coefficient (Wildman–Crippen LogP) is 2.51. The van der Waals surface area contributed by atoms with Gasteiger partial charge in [-0.15, -0.1) is 0 Å². The molecule has 0 atom stereocenters. The van der Waals surface area contributed by atoms with Crippen molar-refractivity contribution in [3.63, 3.8) is 0 Å². The summed E-state index contributed by atoms with van der Waals surface area (Å²) >= 11 is 0. The van der Waals surface area contributed by atoms with E-state index in [9.17, 15) is 0 Å². The number of nitrogens with zero attached hydrogens (tertiary/aromatic N) is 1. The molecule has 0 aromatic heterocycles. The maximum atomic E-state index is 5.54. The average molecular weight is 217 g/mol. The first-order valence-corrected chi connectivity index (χ1v) is 6.23. The van der Waals surface area contributed by atoms with Gasteiger partial charge in [-0.25, -0.2) is 0 Å². The Morgan fingerprint density at radius 1 is 0.867 bits per heavy atom. The number of hydrogen-bond donors (Lipinski definition) is 0. The third kappa shape index (κ3) is 7.77. The van der Waals surface area contributed by atoms with E-state index >= 15 is 0 Å². The Morgan fingerprint density at radius 2 is 1.33 bits per heavy atom. The van der Waals surface area contributed by atoms with Gasteiger partial charge >= 0.3 is 0 Å². The summed E-state index contributed by atoms with van der Waals surface area (Å²) in [5, 5.41) is 0. The highest BCUT2D eigenvalue weighted by atomic mass is 16.7. The van der Waals surface area contributed by atoms with Crippen LogP contribution >= 0.6 is 0 Å². The van der Waals surface area contributed by atoms with Gasteiger partial charge in [0.1, 0.15) is 0 Å². The first-order chi connectivity index (χ1) is 7.28. The first kappa shape index (κ1) is 14.9. The quantitative estimate of drug-likeness (QED) is 0.525. The largest absolute Gasteiger partial charge is 0.352 e. The van der Waals surface area contributed by atoms with Crippen molar-refractivity contribution in [2.45, 2.75) is 46.8 Å². The SMILES string of the molecule is CCCN(CCC)CC(OCC)OCC. The molecule has 0 spiro atoms. The fourth-order valence-corrected chi connectivity index (χ4v) is 1.66. The van der Waals surface area contributed by atoms with Crippen LogP contribution in [-0.2, 0) is 9.47 Å². The van der Waals surface area contributed by atoms with Gasteiger partial charge < -0.3 is 9.47 Å². The monoisotopic (exact) mass is 217 g/mol. The summed E-state index contributed by atoms with van der Waals surface area (Å²) in [6.45, 7) is 13.0. The maximum Gasteiger partial charge on any atom is 0.170 e. The van der Waals surface area contributed by atoms with Gasteiger partial charge in [-0.05, 0) is 39.8 Å². The molecule has 3 nitrogen and oxygen atoms in total. The van der Waals surface area contributed by atoms with Crippen molar-refractivity contribution in [3.8, 4) is 0 Å². The molecule has 0 amide bonds. The Labute approximate surface area is 94.7 Å². The topological polar surface area (TPSA) is 21.7 Å². The summed E-state index contributed by atoms with van der Waals surface area (Å²) in [6.07, 6.45) is 2.31. The molecule has 0 saturated carbocycles. The molecule has 0 saturated heterocycles. The van der Waals surface area contributed by atoms with Crippen LogP contribution in [0.5, 0.6) is 0 Å². The zero-order chi connectivity index (χ0) is 11.5. The van der Waals surface area contributed by atoms with Crippen LogP contribution in [0.3, 0.4) is 0 Å². The highest BCUT2D eigenvalue weighted by Crippen LogP contribution is 2.02. The number of hydrogen-bond acceptors (Lipinski definition) is 3. The second-order valence-electron chi connectivity index (χ2n) is 3.64. The minimum atomic E-state index is -0.0573. The second-order valence-corrected chi connectivity index (χ2v) is 3.64. The van der Waals surface area contributed by atoms with Gasteiger partial charge in [-0.1, -0.05) is 13.8 Å². The lowest BCUT2D eigenvalue weighted by molar-refractivity contribution is -0.147. The van der Waals surface area contributed by atoms with Crippen LogP contribution in [0.2, 0.25) is 0 Å². The van der Waals surface area contributed by atoms with Crippen LogP contribution in [0, 0.1) is 0 Å². The Balaban J connectivity index is 3.93. The molecule has 0 aliphatic carbocycles. The molecule has 0 aliphatic rings. The van der Waals surface area contributed by atoms with Gasteiger partial charge in [0.25, 0.3) is 0 Å². The minimum absolute atomic E-state index is 0.0573. The van der Waals surface area contributed by atoms with Crippen molar-refractivity contribution in [1.82, 2.24) is 4.90 Å². The molecule has 92 valence electrons. The van der Waals surface area contributed by atoms with E-state index in [0.717, 1.165) is 32.8 Å². The molecule has 0 heterocycles. The summed E-state index contributed by atoms with van der Waals surface area (Å²) in [4.78, 5) is 2.41. The lowest BCUT2D eigenvalue weighted by Gasteiger charge is -2.26. The van der Waals surface area contributed by atoms with Gasteiger partial charge in [-0.3, -0.25) is 4.90 Å². The van der Waals surface area contributed by atoms with Gasteiger partial charge in [0.2, 0.25) is 0 Å². The first-order valence-electron chi connectivity index (χ1n) is 6.23. The normalized spacial score (nSPS) is 11.6. The Kier molecular flexibility index (Phi) is 10.3. The van der Waals surface area contributed by atoms with Crippen LogP contribution in [0.15, 0.2) is 0 Å². The van der Waals surface area contributed by atoms with Gasteiger partial charge in [-0.2, -0.15) is 0 Å². The summed E-state index contributed by atoms with van der Waals surface area (Å²) in [7, 11) is 0. The summed E-state index contributed by atoms with van der Waals surface area (Å²) in [6, 6.07) is 0. The van der Waals surface area contributed by atoms with Crippen molar-refractivity contribution in [2.75, 3.05) is 32.8 Å².